The van der Waals surface area contributed by atoms with E-state index in [2.05, 4.69) is 5.92 Å². The van der Waals surface area contributed by atoms with Crippen molar-refractivity contribution in [2.75, 3.05) is 6.54 Å². The Morgan fingerprint density at radius 3 is 2.92 bits per heavy atom. The van der Waals surface area contributed by atoms with Crippen LogP contribution in [0.5, 0.6) is 0 Å². The first kappa shape index (κ1) is 10.1. The lowest BCUT2D eigenvalue weighted by Crippen LogP contribution is -2.36. The second-order valence-electron chi connectivity index (χ2n) is 3.37. The van der Waals surface area contributed by atoms with Gasteiger partial charge in [-0.2, -0.15) is 0 Å². The summed E-state index contributed by atoms with van der Waals surface area (Å²) >= 11 is 0. The van der Waals surface area contributed by atoms with Crippen LogP contribution in [-0.2, 0) is 4.79 Å². The number of likely N-dealkylation sites (tertiary alicyclic amines) is 1. The molecule has 1 aliphatic heterocycles. The summed E-state index contributed by atoms with van der Waals surface area (Å²) in [5, 5.41) is 9.27. The van der Waals surface area contributed by atoms with E-state index in [-0.39, 0.29) is 18.4 Å². The van der Waals surface area contributed by atoms with Gasteiger partial charge in [0.2, 0.25) is 5.91 Å². The van der Waals surface area contributed by atoms with E-state index in [1.54, 1.807) is 4.90 Å². The third kappa shape index (κ3) is 2.22. The van der Waals surface area contributed by atoms with Gasteiger partial charge >= 0.3 is 0 Å². The first-order valence-corrected chi connectivity index (χ1v) is 4.60. The fourth-order valence-electron chi connectivity index (χ4n) is 1.68. The predicted octanol–water partition coefficient (Wildman–Crippen LogP) is 0.382. The molecule has 1 saturated heterocycles. The Labute approximate surface area is 78.7 Å². The van der Waals surface area contributed by atoms with Gasteiger partial charge in [0.1, 0.15) is 0 Å². The molecular weight excluding hydrogens is 166 g/mol. The van der Waals surface area contributed by atoms with Crippen LogP contribution in [0.3, 0.4) is 0 Å². The maximum Gasteiger partial charge on any atom is 0.225 e. The number of carbonyl (C=O) groups is 1. The van der Waals surface area contributed by atoms with E-state index in [0.29, 0.717) is 13.0 Å². The number of rotatable bonds is 3. The number of nitrogens with zero attached hydrogens (tertiary/aromatic N) is 1. The Hall–Kier alpha value is -1.01. The Balaban J connectivity index is 2.59. The molecule has 0 spiro atoms. The molecule has 72 valence electrons. The number of hydrogen-bond acceptors (Lipinski definition) is 2. The minimum absolute atomic E-state index is 0.0228. The third-order valence-corrected chi connectivity index (χ3v) is 2.40. The third-order valence-electron chi connectivity index (χ3n) is 2.40. The maximum absolute atomic E-state index is 11.4. The van der Waals surface area contributed by atoms with Crippen molar-refractivity contribution in [3.05, 3.63) is 0 Å². The lowest BCUT2D eigenvalue weighted by molar-refractivity contribution is -0.129. The predicted molar refractivity (Wildman–Crippen MR) is 49.9 cm³/mol. The molecule has 1 fully saturated rings. The molecule has 1 amide bonds. The summed E-state index contributed by atoms with van der Waals surface area (Å²) in [4.78, 5) is 13.1. The SMILES string of the molecule is C#CCC(CC)N1CC(O)CC1=O. The summed E-state index contributed by atoms with van der Waals surface area (Å²) in [5.74, 6) is 2.58. The molecule has 0 saturated carbocycles. The lowest BCUT2D eigenvalue weighted by Gasteiger charge is -2.24. The Morgan fingerprint density at radius 1 is 1.85 bits per heavy atom. The van der Waals surface area contributed by atoms with Gasteiger partial charge in [-0.05, 0) is 6.42 Å². The summed E-state index contributed by atoms with van der Waals surface area (Å²) in [5.41, 5.74) is 0. The highest BCUT2D eigenvalue weighted by Gasteiger charge is 2.31. The average Bonchev–Trinajstić information content (AvgIpc) is 2.41. The van der Waals surface area contributed by atoms with Gasteiger partial charge in [0.05, 0.1) is 12.5 Å². The maximum atomic E-state index is 11.4. The highest BCUT2D eigenvalue weighted by atomic mass is 16.3. The fourth-order valence-corrected chi connectivity index (χ4v) is 1.68. The molecule has 0 bridgehead atoms. The van der Waals surface area contributed by atoms with Crippen molar-refractivity contribution in [1.29, 1.82) is 0 Å². The van der Waals surface area contributed by atoms with Gasteiger partial charge in [0.25, 0.3) is 0 Å². The van der Waals surface area contributed by atoms with E-state index < -0.39 is 6.10 Å². The summed E-state index contributed by atoms with van der Waals surface area (Å²) in [6.45, 7) is 2.44. The molecule has 3 nitrogen and oxygen atoms in total. The van der Waals surface area contributed by atoms with Gasteiger partial charge in [-0.3, -0.25) is 4.79 Å². The second kappa shape index (κ2) is 4.29. The van der Waals surface area contributed by atoms with Crippen LogP contribution in [0, 0.1) is 12.3 Å². The number of β-amino-alcohol motifs (C(OH)–C–C–N with tert-alkyl or cyclic N) is 1. The standard InChI is InChI=1S/C10H15NO2/c1-3-5-8(4-2)11-7-9(12)6-10(11)13/h1,8-9,12H,4-7H2,2H3. The zero-order valence-electron chi connectivity index (χ0n) is 7.86. The lowest BCUT2D eigenvalue weighted by atomic mass is 10.1. The molecule has 0 aromatic carbocycles. The molecule has 0 aliphatic carbocycles. The van der Waals surface area contributed by atoms with E-state index in [1.165, 1.54) is 0 Å². The number of aliphatic hydroxyl groups excluding tert-OH is 1. The number of amides is 1. The highest BCUT2D eigenvalue weighted by Crippen LogP contribution is 2.17. The number of carbonyl (C=O) groups excluding carboxylic acids is 1. The molecule has 2 unspecified atom stereocenters. The smallest absolute Gasteiger partial charge is 0.225 e. The van der Waals surface area contributed by atoms with Gasteiger partial charge in [-0.15, -0.1) is 12.3 Å². The minimum atomic E-state index is -0.501. The molecule has 1 aliphatic rings. The van der Waals surface area contributed by atoms with Crippen molar-refractivity contribution < 1.29 is 9.90 Å². The van der Waals surface area contributed by atoms with Crippen molar-refractivity contribution >= 4 is 5.91 Å². The van der Waals surface area contributed by atoms with Crippen LogP contribution < -0.4 is 0 Å². The van der Waals surface area contributed by atoms with Crippen LogP contribution in [0.4, 0.5) is 0 Å². The number of aliphatic hydroxyl groups is 1. The zero-order valence-corrected chi connectivity index (χ0v) is 7.86. The number of terminal acetylenes is 1. The average molecular weight is 181 g/mol. The van der Waals surface area contributed by atoms with E-state index in [0.717, 1.165) is 6.42 Å². The molecule has 1 heterocycles. The largest absolute Gasteiger partial charge is 0.391 e. The minimum Gasteiger partial charge on any atom is -0.391 e. The van der Waals surface area contributed by atoms with Crippen LogP contribution in [0.15, 0.2) is 0 Å². The van der Waals surface area contributed by atoms with Crippen molar-refractivity contribution in [1.82, 2.24) is 4.90 Å². The van der Waals surface area contributed by atoms with Crippen LogP contribution in [0.1, 0.15) is 26.2 Å². The van der Waals surface area contributed by atoms with E-state index >= 15 is 0 Å². The Kier molecular flexibility index (Phi) is 3.32. The van der Waals surface area contributed by atoms with E-state index in [9.17, 15) is 9.90 Å². The van der Waals surface area contributed by atoms with Crippen molar-refractivity contribution in [2.45, 2.75) is 38.3 Å². The molecule has 3 heteroatoms. The number of hydrogen-bond donors (Lipinski definition) is 1. The molecule has 13 heavy (non-hydrogen) atoms. The summed E-state index contributed by atoms with van der Waals surface area (Å²) < 4.78 is 0. The molecule has 0 aromatic rings. The molecule has 1 rings (SSSR count). The first-order chi connectivity index (χ1) is 6.19. The van der Waals surface area contributed by atoms with Crippen LogP contribution in [-0.4, -0.2) is 34.6 Å². The highest BCUT2D eigenvalue weighted by molar-refractivity contribution is 5.79. The first-order valence-electron chi connectivity index (χ1n) is 4.60. The monoisotopic (exact) mass is 181 g/mol. The normalized spacial score (nSPS) is 24.5. The Bertz CT molecular complexity index is 232. The van der Waals surface area contributed by atoms with Crippen molar-refractivity contribution in [2.24, 2.45) is 0 Å². The molecule has 0 aromatic heterocycles. The zero-order chi connectivity index (χ0) is 9.84. The second-order valence-corrected chi connectivity index (χ2v) is 3.37. The summed E-state index contributed by atoms with van der Waals surface area (Å²) in [6, 6.07) is 0.106. The molecule has 1 N–H and O–H groups in total. The van der Waals surface area contributed by atoms with Crippen LogP contribution in [0.2, 0.25) is 0 Å². The van der Waals surface area contributed by atoms with Gasteiger partial charge < -0.3 is 10.0 Å². The van der Waals surface area contributed by atoms with Gasteiger partial charge in [0.15, 0.2) is 0 Å². The quantitative estimate of drug-likeness (QED) is 0.639. The van der Waals surface area contributed by atoms with E-state index in [1.807, 2.05) is 6.92 Å². The van der Waals surface area contributed by atoms with Crippen molar-refractivity contribution in [3.8, 4) is 12.3 Å². The summed E-state index contributed by atoms with van der Waals surface area (Å²) in [7, 11) is 0. The van der Waals surface area contributed by atoms with Gasteiger partial charge in [-0.1, -0.05) is 6.92 Å². The molecular formula is C10H15NO2. The Morgan fingerprint density at radius 2 is 2.54 bits per heavy atom. The van der Waals surface area contributed by atoms with Gasteiger partial charge in [0, 0.05) is 19.0 Å². The van der Waals surface area contributed by atoms with Crippen LogP contribution >= 0.6 is 0 Å². The van der Waals surface area contributed by atoms with Gasteiger partial charge in [-0.25, -0.2) is 0 Å². The summed E-state index contributed by atoms with van der Waals surface area (Å²) in [6.07, 6.45) is 6.38. The topological polar surface area (TPSA) is 40.5 Å². The van der Waals surface area contributed by atoms with E-state index in [4.69, 9.17) is 6.42 Å². The van der Waals surface area contributed by atoms with Crippen LogP contribution in [0.25, 0.3) is 0 Å². The van der Waals surface area contributed by atoms with Crippen molar-refractivity contribution in [3.63, 3.8) is 0 Å². The molecule has 0 radical (unpaired) electrons. The fraction of sp³-hybridized carbons (Fsp3) is 0.700. The molecule has 2 atom stereocenters.